The van der Waals surface area contributed by atoms with Crippen LogP contribution in [0.25, 0.3) is 27.4 Å². The largest absolute Gasteiger partial charge is 0.542 e. The lowest BCUT2D eigenvalue weighted by Crippen LogP contribution is -2.87. The Labute approximate surface area is 280 Å². The monoisotopic (exact) mass is 681 g/mol. The molecule has 14 heteroatoms. The van der Waals surface area contributed by atoms with Gasteiger partial charge in [0.15, 0.2) is 5.70 Å². The number of hydroxylamine groups is 1. The van der Waals surface area contributed by atoms with Crippen molar-refractivity contribution in [2.24, 2.45) is 4.99 Å². The Morgan fingerprint density at radius 1 is 0.980 bits per heavy atom. The number of alkyl halides is 3. The van der Waals surface area contributed by atoms with Crippen LogP contribution in [0.4, 0.5) is 13.2 Å². The molecule has 2 heterocycles. The number of nitrogens with zero attached hydrogens (tertiary/aromatic N) is 1. The predicted octanol–water partition coefficient (Wildman–Crippen LogP) is 3.57. The number of unbranched alkanes of at least 4 members (excludes halogenated alkanes) is 2. The van der Waals surface area contributed by atoms with E-state index in [2.05, 4.69) is 56.3 Å². The third-order valence-corrected chi connectivity index (χ3v) is 7.94. The molecule has 0 spiro atoms. The summed E-state index contributed by atoms with van der Waals surface area (Å²) in [6.45, 7) is 1.99. The molecule has 0 saturated carbocycles. The van der Waals surface area contributed by atoms with E-state index in [-0.39, 0.29) is 24.3 Å². The Morgan fingerprint density at radius 3 is 2.41 bits per heavy atom. The minimum atomic E-state index is -5.19. The number of hydrogen-bond acceptors (Lipinski definition) is 7. The Morgan fingerprint density at radius 2 is 1.71 bits per heavy atom. The number of aliphatic carboxylic acids is 1. The first-order chi connectivity index (χ1) is 23.4. The van der Waals surface area contributed by atoms with Gasteiger partial charge in [0.2, 0.25) is 17.6 Å². The second-order valence-electron chi connectivity index (χ2n) is 11.4. The first kappa shape index (κ1) is 36.6. The molecule has 1 atom stereocenters. The van der Waals surface area contributed by atoms with Gasteiger partial charge >= 0.3 is 6.18 Å². The number of rotatable bonds is 13. The average molecular weight is 682 g/mol. The highest BCUT2D eigenvalue weighted by Gasteiger charge is 2.29. The second-order valence-corrected chi connectivity index (χ2v) is 11.4. The Bertz CT molecular complexity index is 1870. The Hall–Kier alpha value is -5.21. The van der Waals surface area contributed by atoms with Crippen LogP contribution in [0.5, 0.6) is 5.75 Å². The maximum atomic E-state index is 13.5. The van der Waals surface area contributed by atoms with Crippen molar-refractivity contribution in [3.8, 4) is 5.75 Å². The highest BCUT2D eigenvalue weighted by Crippen LogP contribution is 2.27. The number of amidine groups is 1. The summed E-state index contributed by atoms with van der Waals surface area (Å²) in [5.41, 5.74) is 7.36. The van der Waals surface area contributed by atoms with Gasteiger partial charge < -0.3 is 24.9 Å². The van der Waals surface area contributed by atoms with Crippen molar-refractivity contribution in [2.45, 2.75) is 57.7 Å². The summed E-state index contributed by atoms with van der Waals surface area (Å²) in [5.74, 6) is -1.62. The van der Waals surface area contributed by atoms with Crippen LogP contribution in [-0.4, -0.2) is 55.0 Å². The second kappa shape index (κ2) is 16.8. The summed E-state index contributed by atoms with van der Waals surface area (Å²) in [6, 6.07) is 20.3. The highest BCUT2D eigenvalue weighted by molar-refractivity contribution is 5.94. The lowest BCUT2D eigenvalue weighted by atomic mass is 10.0. The minimum absolute atomic E-state index is 0.0680. The van der Waals surface area contributed by atoms with E-state index in [1.165, 1.54) is 17.9 Å². The zero-order valence-corrected chi connectivity index (χ0v) is 27.3. The standard InChI is InChI=1S/C33H37N5O4.C2HF3O2/c1-21-26(27-18-25(41-2)15-16-28(27)35-21)19-32(40)36-29(11-5-4-6-12-31(39)38-42-3)33-34-20-30(37-33)24-14-13-22-9-7-8-10-23(22)17-24;3-2(4,5)1(6)7/h7-10,13-18,20,29,35H,4-6,11-12,19H2,1-3H3,(H,34,37)(H,36,40)(H,38,39);(H,6,7)/t29-;/m0./s1. The van der Waals surface area contributed by atoms with Gasteiger partial charge in [0.05, 0.1) is 26.8 Å². The molecule has 1 aliphatic heterocycles. The number of halogens is 3. The number of carbonyl (C=O) groups is 3. The van der Waals surface area contributed by atoms with Crippen molar-refractivity contribution in [1.29, 1.82) is 0 Å². The number of aromatic amines is 1. The quantitative estimate of drug-likeness (QED) is 0.125. The van der Waals surface area contributed by atoms with E-state index in [4.69, 9.17) is 19.6 Å². The zero-order chi connectivity index (χ0) is 35.6. The number of benzene rings is 3. The number of quaternary nitrogens is 1. The van der Waals surface area contributed by atoms with Crippen molar-refractivity contribution in [2.75, 3.05) is 14.2 Å². The minimum Gasteiger partial charge on any atom is -0.542 e. The van der Waals surface area contributed by atoms with Gasteiger partial charge in [-0.3, -0.25) is 19.7 Å². The van der Waals surface area contributed by atoms with Crippen LogP contribution in [0.15, 0.2) is 71.9 Å². The molecule has 5 N–H and O–H groups in total. The molecule has 0 saturated heterocycles. The summed E-state index contributed by atoms with van der Waals surface area (Å²) >= 11 is 0. The van der Waals surface area contributed by atoms with Crippen molar-refractivity contribution in [1.82, 2.24) is 15.8 Å². The summed E-state index contributed by atoms with van der Waals surface area (Å²) < 4.78 is 37.0. The number of aryl methyl sites for hydroxylation is 1. The number of carboxylic acids is 1. The van der Waals surface area contributed by atoms with E-state index in [0.29, 0.717) is 12.8 Å². The lowest BCUT2D eigenvalue weighted by molar-refractivity contribution is -0.434. The first-order valence-corrected chi connectivity index (χ1v) is 15.6. The SMILES string of the molecule is CONC(=O)CCCCC[C@H](NC(=O)Cc1c(C)[nH]c2ccc(OC)cc12)C1=NC=C(c2ccc3ccccc3c2)[NH2+]1.O=C([O-])C(F)(F)F. The molecule has 4 aromatic rings. The van der Waals surface area contributed by atoms with Gasteiger partial charge in [0.1, 0.15) is 17.8 Å². The van der Waals surface area contributed by atoms with Gasteiger partial charge in [0.25, 0.3) is 0 Å². The Kier molecular flexibility index (Phi) is 12.5. The fourth-order valence-corrected chi connectivity index (χ4v) is 5.49. The zero-order valence-electron chi connectivity index (χ0n) is 27.3. The number of hydrogen-bond donors (Lipinski definition) is 4. The average Bonchev–Trinajstić information content (AvgIpc) is 3.68. The van der Waals surface area contributed by atoms with E-state index in [1.54, 1.807) is 7.11 Å². The third kappa shape index (κ3) is 10.1. The van der Waals surface area contributed by atoms with Crippen LogP contribution in [0, 0.1) is 6.92 Å². The number of carbonyl (C=O) groups excluding carboxylic acids is 3. The normalized spacial score (nSPS) is 13.3. The molecule has 3 aromatic carbocycles. The van der Waals surface area contributed by atoms with Crippen LogP contribution in [0.2, 0.25) is 0 Å². The molecular formula is C35H38F3N5O6. The summed E-state index contributed by atoms with van der Waals surface area (Å²) in [6.07, 6.45) is 0.467. The third-order valence-electron chi connectivity index (χ3n) is 7.94. The summed E-state index contributed by atoms with van der Waals surface area (Å²) in [7, 11) is 3.07. The molecule has 0 bridgehead atoms. The molecule has 5 rings (SSSR count). The molecule has 1 aliphatic rings. The fraction of sp³-hybridized carbons (Fsp3) is 0.314. The van der Waals surface area contributed by atoms with Crippen LogP contribution < -0.4 is 26.0 Å². The van der Waals surface area contributed by atoms with Gasteiger partial charge in [0, 0.05) is 28.6 Å². The van der Waals surface area contributed by atoms with Crippen molar-refractivity contribution in [3.63, 3.8) is 0 Å². The van der Waals surface area contributed by atoms with Gasteiger partial charge in [-0.15, -0.1) is 0 Å². The molecule has 11 nitrogen and oxygen atoms in total. The van der Waals surface area contributed by atoms with Crippen LogP contribution in [-0.2, 0) is 25.6 Å². The number of carboxylic acid groups (broad SMARTS) is 1. The number of methoxy groups -OCH3 is 1. The van der Waals surface area contributed by atoms with Gasteiger partial charge in [-0.05, 0) is 66.4 Å². The maximum Gasteiger partial charge on any atom is 0.430 e. The summed E-state index contributed by atoms with van der Waals surface area (Å²) in [5, 5.41) is 17.5. The Balaban J connectivity index is 0.000000698. The molecule has 0 radical (unpaired) electrons. The van der Waals surface area contributed by atoms with E-state index < -0.39 is 12.1 Å². The topological polar surface area (TPSA) is 162 Å². The molecule has 1 aromatic heterocycles. The molecule has 0 aliphatic carbocycles. The van der Waals surface area contributed by atoms with Crippen molar-refractivity contribution >= 4 is 51.0 Å². The fourth-order valence-electron chi connectivity index (χ4n) is 5.49. The van der Waals surface area contributed by atoms with Crippen LogP contribution >= 0.6 is 0 Å². The first-order valence-electron chi connectivity index (χ1n) is 15.6. The number of aliphatic imine (C=N–C) groups is 1. The molecule has 0 unspecified atom stereocenters. The lowest BCUT2D eigenvalue weighted by Gasteiger charge is -2.17. The van der Waals surface area contributed by atoms with Crippen LogP contribution in [0.1, 0.15) is 48.9 Å². The molecule has 0 fully saturated rings. The molecule has 2 amide bonds. The van der Waals surface area contributed by atoms with Gasteiger partial charge in [-0.2, -0.15) is 13.2 Å². The van der Waals surface area contributed by atoms with E-state index in [9.17, 15) is 22.8 Å². The van der Waals surface area contributed by atoms with Crippen molar-refractivity contribution < 1.29 is 47.6 Å². The summed E-state index contributed by atoms with van der Waals surface area (Å²) in [4.78, 5) is 46.8. The van der Waals surface area contributed by atoms with Gasteiger partial charge in [-0.25, -0.2) is 10.5 Å². The van der Waals surface area contributed by atoms with Crippen molar-refractivity contribution in [3.05, 3.63) is 83.7 Å². The maximum absolute atomic E-state index is 13.5. The number of fused-ring (bicyclic) bond motifs is 2. The van der Waals surface area contributed by atoms with Crippen LogP contribution in [0.3, 0.4) is 0 Å². The number of H-pyrrole nitrogens is 1. The molecule has 260 valence electrons. The highest BCUT2D eigenvalue weighted by atomic mass is 19.4. The number of amides is 2. The predicted molar refractivity (Wildman–Crippen MR) is 176 cm³/mol. The smallest absolute Gasteiger partial charge is 0.430 e. The number of nitrogens with one attached hydrogen (secondary N) is 3. The van der Waals surface area contributed by atoms with E-state index in [0.717, 1.165) is 64.3 Å². The number of aromatic nitrogens is 1. The van der Waals surface area contributed by atoms with E-state index in [1.807, 2.05) is 43.5 Å². The molecule has 49 heavy (non-hydrogen) atoms. The number of ether oxygens (including phenoxy) is 1. The van der Waals surface area contributed by atoms with E-state index >= 15 is 0 Å². The molecular weight excluding hydrogens is 643 g/mol. The van der Waals surface area contributed by atoms with Gasteiger partial charge in [-0.1, -0.05) is 43.2 Å². The number of nitrogens with two attached hydrogens (primary N) is 1.